The Morgan fingerprint density at radius 2 is 2.08 bits per heavy atom. The first-order valence-corrected chi connectivity index (χ1v) is 9.02. The van der Waals surface area contributed by atoms with Gasteiger partial charge >= 0.3 is 0 Å². The molecule has 1 N–H and O–H groups in total. The van der Waals surface area contributed by atoms with Crippen molar-refractivity contribution in [1.82, 2.24) is 0 Å². The molecule has 0 amide bonds. The highest BCUT2D eigenvalue weighted by molar-refractivity contribution is 7.91. The van der Waals surface area contributed by atoms with E-state index in [1.807, 2.05) is 6.07 Å². The Balaban J connectivity index is 2.08. The second-order valence-corrected chi connectivity index (χ2v) is 7.51. The molecular formula is C17H13F2NO4S. The predicted molar refractivity (Wildman–Crippen MR) is 84.1 cm³/mol. The van der Waals surface area contributed by atoms with Crippen molar-refractivity contribution in [2.75, 3.05) is 6.01 Å². The number of halogens is 2. The van der Waals surface area contributed by atoms with Gasteiger partial charge in [-0.2, -0.15) is 5.26 Å². The maximum absolute atomic E-state index is 13.5. The second kappa shape index (κ2) is 6.43. The third kappa shape index (κ3) is 3.21. The highest BCUT2D eigenvalue weighted by Gasteiger charge is 2.32. The van der Waals surface area contributed by atoms with Gasteiger partial charge in [-0.25, -0.2) is 17.2 Å². The molecule has 8 heteroatoms. The lowest BCUT2D eigenvalue weighted by molar-refractivity contribution is 0.177. The van der Waals surface area contributed by atoms with E-state index in [9.17, 15) is 22.3 Å². The van der Waals surface area contributed by atoms with E-state index in [-0.39, 0.29) is 33.9 Å². The van der Waals surface area contributed by atoms with Crippen LogP contribution < -0.4 is 4.74 Å². The molecule has 0 unspecified atom stereocenters. The van der Waals surface area contributed by atoms with Crippen LogP contribution in [0, 0.1) is 17.1 Å². The lowest BCUT2D eigenvalue weighted by Gasteiger charge is -2.15. The van der Waals surface area contributed by atoms with Crippen molar-refractivity contribution in [3.05, 3.63) is 52.8 Å². The summed E-state index contributed by atoms with van der Waals surface area (Å²) in [7, 11) is -4.15. The fourth-order valence-electron chi connectivity index (χ4n) is 2.91. The summed E-state index contributed by atoms with van der Waals surface area (Å²) >= 11 is 0. The quantitative estimate of drug-likeness (QED) is 0.899. The smallest absolute Gasteiger partial charge is 0.207 e. The number of rotatable bonds is 4. The van der Waals surface area contributed by atoms with Crippen LogP contribution in [-0.2, 0) is 16.3 Å². The van der Waals surface area contributed by atoms with Gasteiger partial charge in [0.25, 0.3) is 0 Å². The van der Waals surface area contributed by atoms with Gasteiger partial charge in [0, 0.05) is 17.2 Å². The van der Waals surface area contributed by atoms with E-state index in [1.165, 1.54) is 18.2 Å². The summed E-state index contributed by atoms with van der Waals surface area (Å²) < 4.78 is 55.8. The largest absolute Gasteiger partial charge is 0.457 e. The molecule has 0 saturated carbocycles. The fourth-order valence-corrected chi connectivity index (χ4v) is 3.90. The minimum absolute atomic E-state index is 0.0706. The molecular weight excluding hydrogens is 352 g/mol. The maximum atomic E-state index is 13.5. The number of benzene rings is 2. The van der Waals surface area contributed by atoms with Crippen LogP contribution in [0.25, 0.3) is 0 Å². The SMILES string of the molecule is N#Cc1cc(F)cc(Oc2ccc(S(=O)(=O)CF)c3c2CC[C@H]3O)c1. The van der Waals surface area contributed by atoms with Crippen LogP contribution in [0.4, 0.5) is 8.78 Å². The van der Waals surface area contributed by atoms with Crippen LogP contribution in [0.5, 0.6) is 11.5 Å². The number of hydrogen-bond donors (Lipinski definition) is 1. The van der Waals surface area contributed by atoms with Gasteiger partial charge in [0.05, 0.1) is 22.6 Å². The fraction of sp³-hybridized carbons (Fsp3) is 0.235. The number of aliphatic hydroxyl groups excluding tert-OH is 1. The van der Waals surface area contributed by atoms with Crippen LogP contribution in [0.2, 0.25) is 0 Å². The van der Waals surface area contributed by atoms with Crippen molar-refractivity contribution >= 4 is 9.84 Å². The summed E-state index contributed by atoms with van der Waals surface area (Å²) in [6, 6.07) is 6.24. The molecule has 2 aromatic carbocycles. The summed E-state index contributed by atoms with van der Waals surface area (Å²) in [5.41, 5.74) is 0.625. The lowest BCUT2D eigenvalue weighted by atomic mass is 10.1. The Kier molecular flexibility index (Phi) is 4.45. The van der Waals surface area contributed by atoms with E-state index >= 15 is 0 Å². The minimum atomic E-state index is -4.15. The topological polar surface area (TPSA) is 87.4 Å². The Labute approximate surface area is 143 Å². The molecule has 1 aliphatic rings. The first-order valence-electron chi connectivity index (χ1n) is 7.37. The molecule has 0 aliphatic heterocycles. The standard InChI is InChI=1S/C17H13F2NO4S/c18-9-25(22,23)16-4-3-15(13-1-2-14(21)17(13)16)24-12-6-10(8-20)5-11(19)7-12/h3-7,14,21H,1-2,9H2/t14-/m1/s1. The van der Waals surface area contributed by atoms with E-state index < -0.39 is 27.8 Å². The molecule has 0 aromatic heterocycles. The summed E-state index contributed by atoms with van der Waals surface area (Å²) in [6.45, 7) is 0. The van der Waals surface area contributed by atoms with Crippen LogP contribution in [0.3, 0.4) is 0 Å². The normalized spacial score (nSPS) is 16.3. The Morgan fingerprint density at radius 1 is 1.32 bits per heavy atom. The third-order valence-corrected chi connectivity index (χ3v) is 5.30. The molecule has 0 radical (unpaired) electrons. The van der Waals surface area contributed by atoms with Crippen molar-refractivity contribution in [2.45, 2.75) is 23.8 Å². The average molecular weight is 365 g/mol. The van der Waals surface area contributed by atoms with Crippen LogP contribution in [0.1, 0.15) is 29.2 Å². The molecule has 2 aromatic rings. The van der Waals surface area contributed by atoms with Gasteiger partial charge in [-0.1, -0.05) is 0 Å². The number of nitrogens with zero attached hydrogens (tertiary/aromatic N) is 1. The zero-order chi connectivity index (χ0) is 18.2. The number of hydrogen-bond acceptors (Lipinski definition) is 5. The van der Waals surface area contributed by atoms with Crippen molar-refractivity contribution in [1.29, 1.82) is 5.26 Å². The van der Waals surface area contributed by atoms with E-state index in [2.05, 4.69) is 0 Å². The molecule has 0 saturated heterocycles. The van der Waals surface area contributed by atoms with Gasteiger partial charge < -0.3 is 9.84 Å². The lowest BCUT2D eigenvalue weighted by Crippen LogP contribution is -2.09. The average Bonchev–Trinajstić information content (AvgIpc) is 2.97. The van der Waals surface area contributed by atoms with Gasteiger partial charge in [0.2, 0.25) is 9.84 Å². The van der Waals surface area contributed by atoms with Crippen molar-refractivity contribution in [3.63, 3.8) is 0 Å². The zero-order valence-electron chi connectivity index (χ0n) is 12.9. The molecule has 0 fully saturated rings. The number of fused-ring (bicyclic) bond motifs is 1. The number of alkyl halides is 1. The molecule has 1 aliphatic carbocycles. The first kappa shape index (κ1) is 17.3. The number of ether oxygens (including phenoxy) is 1. The van der Waals surface area contributed by atoms with E-state index in [0.717, 1.165) is 12.1 Å². The molecule has 1 atom stereocenters. The Morgan fingerprint density at radius 3 is 2.76 bits per heavy atom. The van der Waals surface area contributed by atoms with Gasteiger partial charge in [0.1, 0.15) is 17.3 Å². The molecule has 25 heavy (non-hydrogen) atoms. The molecule has 130 valence electrons. The molecule has 0 spiro atoms. The highest BCUT2D eigenvalue weighted by Crippen LogP contribution is 2.42. The monoisotopic (exact) mass is 365 g/mol. The van der Waals surface area contributed by atoms with E-state index in [0.29, 0.717) is 12.0 Å². The number of nitriles is 1. The Hall–Kier alpha value is -2.50. The highest BCUT2D eigenvalue weighted by atomic mass is 32.2. The van der Waals surface area contributed by atoms with Gasteiger partial charge in [-0.05, 0) is 37.1 Å². The van der Waals surface area contributed by atoms with Crippen LogP contribution in [-0.4, -0.2) is 19.5 Å². The molecule has 3 rings (SSSR count). The summed E-state index contributed by atoms with van der Waals surface area (Å²) in [6.07, 6.45) is -0.434. The molecule has 5 nitrogen and oxygen atoms in total. The van der Waals surface area contributed by atoms with Crippen molar-refractivity contribution in [2.24, 2.45) is 0 Å². The van der Waals surface area contributed by atoms with Crippen LogP contribution >= 0.6 is 0 Å². The Bertz CT molecular complexity index is 983. The van der Waals surface area contributed by atoms with Crippen molar-refractivity contribution in [3.8, 4) is 17.6 Å². The van der Waals surface area contributed by atoms with E-state index in [1.54, 1.807) is 0 Å². The van der Waals surface area contributed by atoms with Gasteiger partial charge in [-0.3, -0.25) is 0 Å². The molecule has 0 heterocycles. The van der Waals surface area contributed by atoms with Crippen molar-refractivity contribution < 1.29 is 27.0 Å². The summed E-state index contributed by atoms with van der Waals surface area (Å²) in [5.74, 6) is -0.345. The van der Waals surface area contributed by atoms with Crippen LogP contribution in [0.15, 0.2) is 35.2 Å². The molecule has 0 bridgehead atoms. The first-order chi connectivity index (χ1) is 11.9. The number of sulfone groups is 1. The second-order valence-electron chi connectivity index (χ2n) is 5.62. The predicted octanol–water partition coefficient (Wildman–Crippen LogP) is 3.17. The summed E-state index contributed by atoms with van der Waals surface area (Å²) in [5, 5.41) is 19.0. The minimum Gasteiger partial charge on any atom is -0.457 e. The number of aliphatic hydroxyl groups is 1. The van der Waals surface area contributed by atoms with Gasteiger partial charge in [0.15, 0.2) is 6.01 Å². The zero-order valence-corrected chi connectivity index (χ0v) is 13.7. The third-order valence-electron chi connectivity index (χ3n) is 3.98. The maximum Gasteiger partial charge on any atom is 0.207 e. The summed E-state index contributed by atoms with van der Waals surface area (Å²) in [4.78, 5) is -0.265. The van der Waals surface area contributed by atoms with Gasteiger partial charge in [-0.15, -0.1) is 0 Å². The van der Waals surface area contributed by atoms with E-state index in [4.69, 9.17) is 10.00 Å².